The van der Waals surface area contributed by atoms with Gasteiger partial charge in [0.05, 0.1) is 6.42 Å². The molecule has 1 amide bonds. The molecule has 4 heteroatoms. The molecular formula is C27H27NO3. The van der Waals surface area contributed by atoms with Crippen molar-refractivity contribution >= 4 is 17.4 Å². The van der Waals surface area contributed by atoms with Crippen LogP contribution in [0, 0.1) is 0 Å². The number of carbonyl (C=O) groups is 2. The van der Waals surface area contributed by atoms with Crippen LogP contribution in [0.25, 0.3) is 0 Å². The zero-order valence-corrected chi connectivity index (χ0v) is 17.7. The van der Waals surface area contributed by atoms with Crippen molar-refractivity contribution in [1.29, 1.82) is 0 Å². The molecule has 0 fully saturated rings. The highest BCUT2D eigenvalue weighted by Gasteiger charge is 2.48. The predicted octanol–water partition coefficient (Wildman–Crippen LogP) is 5.03. The molecule has 0 aromatic heterocycles. The number of fused-ring (bicyclic) bond motifs is 1. The molecule has 4 rings (SSSR count). The Bertz CT molecular complexity index is 1090. The van der Waals surface area contributed by atoms with Crippen LogP contribution in [0.1, 0.15) is 58.8 Å². The summed E-state index contributed by atoms with van der Waals surface area (Å²) < 4.78 is 0. The maximum Gasteiger partial charge on any atom is 0.261 e. The Hall–Kier alpha value is -3.24. The van der Waals surface area contributed by atoms with Crippen LogP contribution < -0.4 is 5.32 Å². The minimum atomic E-state index is -1.88. The first kappa shape index (κ1) is 21.0. The average Bonchev–Trinajstić information content (AvgIpc) is 3.03. The molecule has 1 atom stereocenters. The zero-order valence-electron chi connectivity index (χ0n) is 17.7. The number of unbranched alkanes of at least 4 members (excludes halogenated alkanes) is 1. The number of carbonyl (C=O) groups excluding carboxylic acids is 2. The van der Waals surface area contributed by atoms with Gasteiger partial charge in [-0.2, -0.15) is 0 Å². The number of Topliss-reactive ketones (excluding diaryl/α,β-unsaturated/α-hetero) is 1. The van der Waals surface area contributed by atoms with Crippen molar-refractivity contribution < 1.29 is 14.7 Å². The molecule has 4 nitrogen and oxygen atoms in total. The van der Waals surface area contributed by atoms with E-state index in [1.807, 2.05) is 54.6 Å². The summed E-state index contributed by atoms with van der Waals surface area (Å²) in [4.78, 5) is 25.8. The van der Waals surface area contributed by atoms with E-state index in [-0.39, 0.29) is 12.2 Å². The Labute approximate surface area is 182 Å². The van der Waals surface area contributed by atoms with Gasteiger partial charge in [0, 0.05) is 16.8 Å². The Kier molecular flexibility index (Phi) is 6.01. The molecule has 31 heavy (non-hydrogen) atoms. The molecule has 1 aliphatic heterocycles. The van der Waals surface area contributed by atoms with Gasteiger partial charge in [0.1, 0.15) is 0 Å². The molecule has 1 aliphatic rings. The SMILES string of the molecule is CCCCc1ccc(C(=O)CC2(O)C(=O)Nc3cccc(Cc4ccccc4)c32)cc1. The highest BCUT2D eigenvalue weighted by atomic mass is 16.3. The fraction of sp³-hybridized carbons (Fsp3) is 0.259. The van der Waals surface area contributed by atoms with Gasteiger partial charge in [-0.1, -0.05) is 80.1 Å². The van der Waals surface area contributed by atoms with Gasteiger partial charge in [-0.25, -0.2) is 0 Å². The number of benzene rings is 3. The molecule has 1 heterocycles. The van der Waals surface area contributed by atoms with E-state index >= 15 is 0 Å². The van der Waals surface area contributed by atoms with Crippen LogP contribution in [-0.2, 0) is 23.2 Å². The van der Waals surface area contributed by atoms with Gasteiger partial charge in [0.15, 0.2) is 11.4 Å². The standard InChI is InChI=1S/C27H27NO3/c1-2-3-8-19-13-15-21(16-14-19)24(29)18-27(31)25-22(17-20-9-5-4-6-10-20)11-7-12-23(25)28-26(27)30/h4-7,9-16,31H,2-3,8,17-18H2,1H3,(H,28,30). The molecule has 3 aromatic rings. The van der Waals surface area contributed by atoms with E-state index in [0.29, 0.717) is 23.2 Å². The molecule has 0 aliphatic carbocycles. The lowest BCUT2D eigenvalue weighted by atomic mass is 9.83. The summed E-state index contributed by atoms with van der Waals surface area (Å²) in [5, 5.41) is 14.2. The highest BCUT2D eigenvalue weighted by Crippen LogP contribution is 2.42. The summed E-state index contributed by atoms with van der Waals surface area (Å²) >= 11 is 0. The molecule has 0 saturated heterocycles. The number of nitrogens with one attached hydrogen (secondary N) is 1. The van der Waals surface area contributed by atoms with Crippen LogP contribution in [0.2, 0.25) is 0 Å². The number of aryl methyl sites for hydroxylation is 1. The minimum Gasteiger partial charge on any atom is -0.375 e. The largest absolute Gasteiger partial charge is 0.375 e. The van der Waals surface area contributed by atoms with Crippen molar-refractivity contribution in [2.45, 2.75) is 44.6 Å². The first-order chi connectivity index (χ1) is 15.0. The molecule has 0 bridgehead atoms. The molecule has 0 spiro atoms. The first-order valence-electron chi connectivity index (χ1n) is 10.8. The van der Waals surface area contributed by atoms with Gasteiger partial charge in [-0.05, 0) is 42.0 Å². The van der Waals surface area contributed by atoms with Gasteiger partial charge in [0.2, 0.25) is 0 Å². The summed E-state index contributed by atoms with van der Waals surface area (Å²) in [6.45, 7) is 2.15. The van der Waals surface area contributed by atoms with Gasteiger partial charge in [-0.3, -0.25) is 9.59 Å². The molecule has 0 saturated carbocycles. The van der Waals surface area contributed by atoms with E-state index in [0.717, 1.165) is 30.4 Å². The number of aliphatic hydroxyl groups is 1. The lowest BCUT2D eigenvalue weighted by Crippen LogP contribution is -2.37. The van der Waals surface area contributed by atoms with Gasteiger partial charge in [-0.15, -0.1) is 0 Å². The lowest BCUT2D eigenvalue weighted by molar-refractivity contribution is -0.133. The van der Waals surface area contributed by atoms with Crippen molar-refractivity contribution in [2.24, 2.45) is 0 Å². The monoisotopic (exact) mass is 413 g/mol. The molecule has 0 radical (unpaired) electrons. The van der Waals surface area contributed by atoms with Crippen LogP contribution in [0.3, 0.4) is 0 Å². The topological polar surface area (TPSA) is 66.4 Å². The summed E-state index contributed by atoms with van der Waals surface area (Å²) in [5.74, 6) is -0.794. The quantitative estimate of drug-likeness (QED) is 0.509. The normalized spacial score (nSPS) is 17.3. The summed E-state index contributed by atoms with van der Waals surface area (Å²) in [7, 11) is 0. The first-order valence-corrected chi connectivity index (χ1v) is 10.8. The second-order valence-corrected chi connectivity index (χ2v) is 8.22. The van der Waals surface area contributed by atoms with E-state index < -0.39 is 11.5 Å². The smallest absolute Gasteiger partial charge is 0.261 e. The zero-order chi connectivity index (χ0) is 21.8. The molecular weight excluding hydrogens is 386 g/mol. The predicted molar refractivity (Wildman–Crippen MR) is 122 cm³/mol. The minimum absolute atomic E-state index is 0.248. The van der Waals surface area contributed by atoms with Gasteiger partial charge < -0.3 is 10.4 Å². The van der Waals surface area contributed by atoms with Crippen molar-refractivity contribution in [3.63, 3.8) is 0 Å². The van der Waals surface area contributed by atoms with Crippen LogP contribution in [-0.4, -0.2) is 16.8 Å². The Morgan fingerprint density at radius 1 is 0.935 bits per heavy atom. The lowest BCUT2D eigenvalue weighted by Gasteiger charge is -2.23. The fourth-order valence-corrected chi connectivity index (χ4v) is 4.24. The van der Waals surface area contributed by atoms with Crippen molar-refractivity contribution in [3.05, 3.63) is 101 Å². The maximum absolute atomic E-state index is 13.0. The van der Waals surface area contributed by atoms with Crippen LogP contribution >= 0.6 is 0 Å². The van der Waals surface area contributed by atoms with E-state index in [4.69, 9.17) is 0 Å². The number of anilines is 1. The maximum atomic E-state index is 13.0. The Morgan fingerprint density at radius 2 is 1.68 bits per heavy atom. The van der Waals surface area contributed by atoms with Gasteiger partial charge >= 0.3 is 0 Å². The Balaban J connectivity index is 1.61. The number of ketones is 1. The van der Waals surface area contributed by atoms with Crippen LogP contribution in [0.15, 0.2) is 72.8 Å². The molecule has 1 unspecified atom stereocenters. The summed E-state index contributed by atoms with van der Waals surface area (Å²) in [5.41, 5.74) is 2.82. The summed E-state index contributed by atoms with van der Waals surface area (Å²) in [6.07, 6.45) is 3.49. The van der Waals surface area contributed by atoms with Crippen molar-refractivity contribution in [3.8, 4) is 0 Å². The van der Waals surface area contributed by atoms with Crippen LogP contribution in [0.4, 0.5) is 5.69 Å². The van der Waals surface area contributed by atoms with E-state index in [1.165, 1.54) is 5.56 Å². The number of hydrogen-bond donors (Lipinski definition) is 2. The highest BCUT2D eigenvalue weighted by molar-refractivity contribution is 6.09. The third-order valence-electron chi connectivity index (χ3n) is 5.94. The average molecular weight is 414 g/mol. The second kappa shape index (κ2) is 8.86. The Morgan fingerprint density at radius 3 is 2.39 bits per heavy atom. The third-order valence-corrected chi connectivity index (χ3v) is 5.94. The molecule has 3 aromatic carbocycles. The van der Waals surface area contributed by atoms with Crippen molar-refractivity contribution in [2.75, 3.05) is 5.32 Å². The number of rotatable bonds is 8. The van der Waals surface area contributed by atoms with Crippen LogP contribution in [0.5, 0.6) is 0 Å². The van der Waals surface area contributed by atoms with Gasteiger partial charge in [0.25, 0.3) is 5.91 Å². The van der Waals surface area contributed by atoms with E-state index in [2.05, 4.69) is 12.2 Å². The molecule has 158 valence electrons. The van der Waals surface area contributed by atoms with E-state index in [9.17, 15) is 14.7 Å². The molecule has 2 N–H and O–H groups in total. The summed E-state index contributed by atoms with van der Waals surface area (Å²) in [6, 6.07) is 22.9. The van der Waals surface area contributed by atoms with Crippen molar-refractivity contribution in [1.82, 2.24) is 0 Å². The fourth-order valence-electron chi connectivity index (χ4n) is 4.24. The second-order valence-electron chi connectivity index (χ2n) is 8.22. The number of amides is 1. The number of hydrogen-bond acceptors (Lipinski definition) is 3. The van der Waals surface area contributed by atoms with E-state index in [1.54, 1.807) is 18.2 Å². The third kappa shape index (κ3) is 4.30.